The van der Waals surface area contributed by atoms with Crippen molar-refractivity contribution in [1.29, 1.82) is 0 Å². The van der Waals surface area contributed by atoms with Crippen molar-refractivity contribution in [2.45, 2.75) is 82.4 Å². The molecule has 3 heterocycles. The number of benzene rings is 1. The number of hydrogen-bond acceptors (Lipinski definition) is 8. The molecule has 4 aliphatic rings. The van der Waals surface area contributed by atoms with E-state index in [2.05, 4.69) is 26.8 Å². The van der Waals surface area contributed by atoms with Crippen LogP contribution in [0.3, 0.4) is 0 Å². The molecule has 6 atom stereocenters. The lowest BCUT2D eigenvalue weighted by atomic mass is 9.68. The van der Waals surface area contributed by atoms with E-state index in [0.29, 0.717) is 25.1 Å². The van der Waals surface area contributed by atoms with Gasteiger partial charge in [-0.25, -0.2) is 4.90 Å². The molecular formula is C29H37NO8. The molecule has 1 aromatic rings. The third kappa shape index (κ3) is 5.30. The van der Waals surface area contributed by atoms with Gasteiger partial charge < -0.3 is 23.7 Å². The summed E-state index contributed by atoms with van der Waals surface area (Å²) >= 11 is 0. The van der Waals surface area contributed by atoms with Crippen molar-refractivity contribution in [2.75, 3.05) is 31.8 Å². The summed E-state index contributed by atoms with van der Waals surface area (Å²) in [6, 6.07) is 7.07. The number of epoxide rings is 2. The van der Waals surface area contributed by atoms with Crippen LogP contribution in [-0.4, -0.2) is 74.2 Å². The van der Waals surface area contributed by atoms with E-state index in [0.717, 1.165) is 23.3 Å². The summed E-state index contributed by atoms with van der Waals surface area (Å²) in [5.41, 5.74) is 2.04. The molecule has 38 heavy (non-hydrogen) atoms. The second-order valence-corrected chi connectivity index (χ2v) is 11.2. The molecule has 5 rings (SSSR count). The quantitative estimate of drug-likeness (QED) is 0.209. The Morgan fingerprint density at radius 2 is 1.84 bits per heavy atom. The van der Waals surface area contributed by atoms with Crippen LogP contribution in [0.15, 0.2) is 35.9 Å². The molecule has 9 nitrogen and oxygen atoms in total. The van der Waals surface area contributed by atoms with Crippen LogP contribution in [-0.2, 0) is 44.5 Å². The van der Waals surface area contributed by atoms with E-state index >= 15 is 0 Å². The van der Waals surface area contributed by atoms with Gasteiger partial charge in [-0.05, 0) is 64.2 Å². The Hall–Kier alpha value is -2.59. The van der Waals surface area contributed by atoms with E-state index in [1.165, 1.54) is 5.57 Å². The number of carbonyl (C=O) groups excluding carboxylic acids is 3. The molecule has 1 aromatic carbocycles. The molecule has 0 aromatic heterocycles. The minimum atomic E-state index is -0.386. The van der Waals surface area contributed by atoms with Crippen LogP contribution in [0.25, 0.3) is 0 Å². The Bertz CT molecular complexity index is 1090. The van der Waals surface area contributed by atoms with Gasteiger partial charge in [-0.15, -0.1) is 0 Å². The average Bonchev–Trinajstić information content (AvgIpc) is 3.80. The number of esters is 1. The number of ether oxygens (including phenoxy) is 5. The number of methoxy groups -OCH3 is 1. The summed E-state index contributed by atoms with van der Waals surface area (Å²) < 4.78 is 29.1. The maximum Gasteiger partial charge on any atom is 0.306 e. The fraction of sp³-hybridized carbons (Fsp3) is 0.621. The number of allylic oxidation sites excluding steroid dienone is 1. The zero-order valence-electron chi connectivity index (χ0n) is 22.6. The second kappa shape index (κ2) is 10.5. The zero-order valence-corrected chi connectivity index (χ0v) is 22.6. The predicted molar refractivity (Wildman–Crippen MR) is 137 cm³/mol. The number of rotatable bonds is 9. The lowest BCUT2D eigenvalue weighted by molar-refractivity contribution is -0.171. The number of nitrogens with zero attached hydrogens (tertiary/aromatic N) is 1. The predicted octanol–water partition coefficient (Wildman–Crippen LogP) is 3.13. The monoisotopic (exact) mass is 527 g/mol. The Morgan fingerprint density at radius 3 is 2.45 bits per heavy atom. The van der Waals surface area contributed by atoms with Gasteiger partial charge >= 0.3 is 5.97 Å². The van der Waals surface area contributed by atoms with E-state index in [1.54, 1.807) is 19.2 Å². The van der Waals surface area contributed by atoms with Crippen LogP contribution in [0, 0.1) is 5.92 Å². The lowest BCUT2D eigenvalue weighted by Gasteiger charge is -2.42. The molecular weight excluding hydrogens is 490 g/mol. The van der Waals surface area contributed by atoms with E-state index < -0.39 is 0 Å². The molecule has 0 unspecified atom stereocenters. The van der Waals surface area contributed by atoms with E-state index in [-0.39, 0.29) is 72.9 Å². The van der Waals surface area contributed by atoms with Gasteiger partial charge in [0.2, 0.25) is 0 Å². The highest BCUT2D eigenvalue weighted by molar-refractivity contribution is 6.16. The molecule has 1 saturated carbocycles. The van der Waals surface area contributed by atoms with Crippen molar-refractivity contribution in [3.63, 3.8) is 0 Å². The highest BCUT2D eigenvalue weighted by Gasteiger charge is 2.72. The third-order valence-corrected chi connectivity index (χ3v) is 8.28. The van der Waals surface area contributed by atoms with Gasteiger partial charge in [-0.3, -0.25) is 14.4 Å². The van der Waals surface area contributed by atoms with Crippen LogP contribution in [0.5, 0.6) is 0 Å². The summed E-state index contributed by atoms with van der Waals surface area (Å²) in [7, 11) is 1.67. The first kappa shape index (κ1) is 27.0. The van der Waals surface area contributed by atoms with Crippen molar-refractivity contribution < 1.29 is 38.1 Å². The molecule has 0 bridgehead atoms. The third-order valence-electron chi connectivity index (χ3n) is 8.28. The fourth-order valence-electron chi connectivity index (χ4n) is 6.14. The van der Waals surface area contributed by atoms with Crippen LogP contribution in [0.1, 0.15) is 52.0 Å². The lowest BCUT2D eigenvalue weighted by Crippen LogP contribution is -2.55. The summed E-state index contributed by atoms with van der Waals surface area (Å²) in [5.74, 6) is -1.07. The van der Waals surface area contributed by atoms with Crippen LogP contribution < -0.4 is 4.90 Å². The summed E-state index contributed by atoms with van der Waals surface area (Å²) in [5, 5.41) is 0. The molecule has 0 N–H and O–H groups in total. The Morgan fingerprint density at radius 1 is 1.16 bits per heavy atom. The van der Waals surface area contributed by atoms with Crippen molar-refractivity contribution in [1.82, 2.24) is 0 Å². The van der Waals surface area contributed by atoms with Crippen LogP contribution >= 0.6 is 0 Å². The molecule has 4 fully saturated rings. The normalized spacial score (nSPS) is 34.3. The number of morpholine rings is 1. The number of carbonyl (C=O) groups is 3. The average molecular weight is 528 g/mol. The first-order valence-corrected chi connectivity index (χ1v) is 13.4. The number of hydrogen-bond donors (Lipinski definition) is 0. The molecule has 1 aliphatic carbocycles. The number of imide groups is 1. The topological polar surface area (TPSA) is 107 Å². The molecule has 1 spiro atoms. The molecule has 2 amide bonds. The molecule has 3 saturated heterocycles. The number of amides is 2. The van der Waals surface area contributed by atoms with E-state index in [1.807, 2.05) is 12.1 Å². The smallest absolute Gasteiger partial charge is 0.306 e. The standard InChI is InChI=1S/C29H37NO8/c1-18(2)5-11-22-28(3,38-22)27-26(34-4)21(13-14-29(27)17-36-29)37-25(33)12-8-19-6-9-20(10-7-19)30-23(31)15-35-16-24(30)32/h5-7,9-10,21-22,26-27H,8,11-17H2,1-4H3/t21-,22-,26-,27-,28+,29+/m1/s1. The molecule has 0 radical (unpaired) electrons. The van der Waals surface area contributed by atoms with Gasteiger partial charge in [0.05, 0.1) is 24.3 Å². The van der Waals surface area contributed by atoms with Crippen LogP contribution in [0.2, 0.25) is 0 Å². The maximum atomic E-state index is 12.9. The number of anilines is 1. The molecule has 9 heteroatoms. The second-order valence-electron chi connectivity index (χ2n) is 11.2. The molecule has 206 valence electrons. The minimum Gasteiger partial charge on any atom is -0.460 e. The first-order chi connectivity index (χ1) is 18.2. The van der Waals surface area contributed by atoms with Crippen LogP contribution in [0.4, 0.5) is 5.69 Å². The van der Waals surface area contributed by atoms with E-state index in [4.69, 9.17) is 23.7 Å². The zero-order chi connectivity index (χ0) is 27.1. The van der Waals surface area contributed by atoms with Gasteiger partial charge in [0, 0.05) is 13.5 Å². The highest BCUT2D eigenvalue weighted by atomic mass is 16.6. The van der Waals surface area contributed by atoms with Gasteiger partial charge in [0.15, 0.2) is 0 Å². The summed E-state index contributed by atoms with van der Waals surface area (Å²) in [4.78, 5) is 38.1. The van der Waals surface area contributed by atoms with Gasteiger partial charge in [0.25, 0.3) is 11.8 Å². The van der Waals surface area contributed by atoms with Gasteiger partial charge in [-0.1, -0.05) is 23.8 Å². The van der Waals surface area contributed by atoms with Gasteiger partial charge in [0.1, 0.15) is 36.6 Å². The van der Waals surface area contributed by atoms with Crippen molar-refractivity contribution in [2.24, 2.45) is 5.92 Å². The van der Waals surface area contributed by atoms with Crippen molar-refractivity contribution in [3.8, 4) is 0 Å². The highest BCUT2D eigenvalue weighted by Crippen LogP contribution is 2.59. The van der Waals surface area contributed by atoms with Gasteiger partial charge in [-0.2, -0.15) is 0 Å². The Labute approximate surface area is 223 Å². The largest absolute Gasteiger partial charge is 0.460 e. The minimum absolute atomic E-state index is 0.0136. The summed E-state index contributed by atoms with van der Waals surface area (Å²) in [6.07, 6.45) is 4.66. The van der Waals surface area contributed by atoms with Crippen molar-refractivity contribution >= 4 is 23.5 Å². The summed E-state index contributed by atoms with van der Waals surface area (Å²) in [6.45, 7) is 6.75. The fourth-order valence-corrected chi connectivity index (χ4v) is 6.14. The SMILES string of the molecule is CO[C@@H]1[C@H](OC(=O)CCc2ccc(N3C(=O)COCC3=O)cc2)CC[C@]2(CO2)[C@H]1[C@@]1(C)O[C@@H]1CC=C(C)C. The van der Waals surface area contributed by atoms with Crippen molar-refractivity contribution in [3.05, 3.63) is 41.5 Å². The van der Waals surface area contributed by atoms with E-state index in [9.17, 15) is 14.4 Å². The maximum absolute atomic E-state index is 12.9. The Kier molecular flexibility index (Phi) is 7.48. The number of aryl methyl sites for hydroxylation is 1. The molecule has 3 aliphatic heterocycles. The Balaban J connectivity index is 1.18. The first-order valence-electron chi connectivity index (χ1n) is 13.4.